The lowest BCUT2D eigenvalue weighted by molar-refractivity contribution is -0.948. The van der Waals surface area contributed by atoms with Gasteiger partial charge < -0.3 is 9.80 Å². The second-order valence-electron chi connectivity index (χ2n) is 9.76. The van der Waals surface area contributed by atoms with Crippen LogP contribution in [0, 0.1) is 25.7 Å². The van der Waals surface area contributed by atoms with Crippen LogP contribution in [-0.4, -0.2) is 36.9 Å². The first-order chi connectivity index (χ1) is 15.4. The van der Waals surface area contributed by atoms with Gasteiger partial charge in [-0.1, -0.05) is 24.3 Å². The summed E-state index contributed by atoms with van der Waals surface area (Å²) in [5.41, 5.74) is 3.47. The van der Waals surface area contributed by atoms with Crippen molar-refractivity contribution in [1.29, 1.82) is 0 Å². The first-order valence-electron chi connectivity index (χ1n) is 11.6. The minimum Gasteiger partial charge on any atom is -0.315 e. The number of carbonyl (C=O) groups is 3. The molecule has 2 aromatic rings. The maximum atomic E-state index is 14.1. The van der Waals surface area contributed by atoms with Crippen LogP contribution in [0.1, 0.15) is 36.5 Å². The molecule has 4 aliphatic heterocycles. The lowest BCUT2D eigenvalue weighted by Gasteiger charge is -2.34. The topological polar surface area (TPSA) is 62.1 Å². The predicted molar refractivity (Wildman–Crippen MR) is 120 cm³/mol. The number of nitrogens with zero attached hydrogens (tertiary/aromatic N) is 2. The van der Waals surface area contributed by atoms with Gasteiger partial charge in [0, 0.05) is 24.9 Å². The zero-order valence-corrected chi connectivity index (χ0v) is 18.7. The number of likely N-dealkylation sites (N-methyl/N-ethyl adjacent to an activating group) is 1. The number of rotatable bonds is 2. The summed E-state index contributed by atoms with van der Waals surface area (Å²) in [5, 5.41) is 0. The Morgan fingerprint density at radius 3 is 2.47 bits per heavy atom. The van der Waals surface area contributed by atoms with Gasteiger partial charge in [-0.05, 0) is 50.1 Å². The second kappa shape index (κ2) is 6.51. The summed E-state index contributed by atoms with van der Waals surface area (Å²) >= 11 is 0. The molecule has 3 amide bonds. The molecule has 2 aromatic carbocycles. The molecule has 1 N–H and O–H groups in total. The number of hydrogen-bond acceptors (Lipinski definition) is 3. The van der Waals surface area contributed by atoms with E-state index in [4.69, 9.17) is 0 Å². The molecule has 32 heavy (non-hydrogen) atoms. The number of aryl methyl sites for hydroxylation is 2. The van der Waals surface area contributed by atoms with E-state index in [-0.39, 0.29) is 23.8 Å². The molecule has 0 aromatic heterocycles. The van der Waals surface area contributed by atoms with Crippen molar-refractivity contribution in [3.8, 4) is 0 Å². The highest BCUT2D eigenvalue weighted by Gasteiger charge is 2.79. The van der Waals surface area contributed by atoms with Crippen molar-refractivity contribution >= 4 is 29.1 Å². The average Bonchev–Trinajstić information content (AvgIpc) is 3.45. The molecule has 3 fully saturated rings. The molecule has 5 atom stereocenters. The Morgan fingerprint density at radius 1 is 1.03 bits per heavy atom. The Bertz CT molecular complexity index is 1170. The van der Waals surface area contributed by atoms with Crippen LogP contribution in [0.2, 0.25) is 0 Å². The van der Waals surface area contributed by atoms with Gasteiger partial charge in [-0.15, -0.1) is 0 Å². The van der Waals surface area contributed by atoms with Crippen LogP contribution in [0.4, 0.5) is 11.4 Å². The van der Waals surface area contributed by atoms with Gasteiger partial charge in [0.15, 0.2) is 0 Å². The maximum absolute atomic E-state index is 14.1. The molecule has 6 rings (SSSR count). The lowest BCUT2D eigenvalue weighted by Crippen LogP contribution is -3.20. The number of benzene rings is 2. The molecule has 164 valence electrons. The van der Waals surface area contributed by atoms with E-state index in [2.05, 4.69) is 0 Å². The SMILES string of the molecule is CCN1C(=O)[C@@]2(c3ccccc31)[C@@H]1C(=O)N(c3cc(C)cc(C)c3)C(=O)[C@@H]1[C@@H]1CCC[NH+]12. The largest absolute Gasteiger partial charge is 0.315 e. The normalized spacial score (nSPS) is 32.8. The minimum absolute atomic E-state index is 0.00108. The van der Waals surface area contributed by atoms with Crippen LogP contribution in [0.3, 0.4) is 0 Å². The molecule has 4 heterocycles. The molecule has 6 heteroatoms. The standard InChI is InChI=1S/C26H27N3O3/c1-4-27-19-9-6-5-8-18(19)26(25(27)32)22-21(20-10-7-11-28(20)26)23(30)29(24(22)31)17-13-15(2)12-16(3)14-17/h5-6,8-9,12-14,20-22H,4,7,10-11H2,1-3H3/p+1/t20-,21+,22-,26+/m0/s1. The summed E-state index contributed by atoms with van der Waals surface area (Å²) in [6.07, 6.45) is 1.84. The zero-order valence-electron chi connectivity index (χ0n) is 18.7. The van der Waals surface area contributed by atoms with Crippen molar-refractivity contribution in [3.63, 3.8) is 0 Å². The third-order valence-electron chi connectivity index (χ3n) is 8.15. The smallest absolute Gasteiger partial charge is 0.294 e. The Morgan fingerprint density at radius 2 is 1.75 bits per heavy atom. The lowest BCUT2D eigenvalue weighted by atomic mass is 9.75. The highest BCUT2D eigenvalue weighted by Crippen LogP contribution is 2.53. The van der Waals surface area contributed by atoms with Gasteiger partial charge in [-0.25, -0.2) is 4.90 Å². The van der Waals surface area contributed by atoms with Crippen molar-refractivity contribution in [2.24, 2.45) is 11.8 Å². The summed E-state index contributed by atoms with van der Waals surface area (Å²) in [6.45, 7) is 7.29. The third-order valence-corrected chi connectivity index (χ3v) is 8.15. The molecule has 4 aliphatic rings. The Kier molecular flexibility index (Phi) is 4.01. The molecular weight excluding hydrogens is 402 g/mol. The van der Waals surface area contributed by atoms with E-state index in [0.29, 0.717) is 12.2 Å². The van der Waals surface area contributed by atoms with Gasteiger partial charge in [-0.3, -0.25) is 14.4 Å². The second-order valence-corrected chi connectivity index (χ2v) is 9.76. The van der Waals surface area contributed by atoms with Gasteiger partial charge in [0.2, 0.25) is 17.4 Å². The van der Waals surface area contributed by atoms with E-state index in [0.717, 1.165) is 46.7 Å². The molecule has 0 aliphatic carbocycles. The number of nitrogens with one attached hydrogen (secondary N) is 1. The van der Waals surface area contributed by atoms with E-state index < -0.39 is 17.4 Å². The quantitative estimate of drug-likeness (QED) is 0.739. The number of para-hydroxylation sites is 1. The fourth-order valence-corrected chi connectivity index (χ4v) is 7.25. The molecule has 0 radical (unpaired) electrons. The molecule has 3 saturated heterocycles. The first-order valence-corrected chi connectivity index (χ1v) is 11.6. The number of quaternary nitrogens is 1. The van der Waals surface area contributed by atoms with Crippen molar-refractivity contribution in [1.82, 2.24) is 0 Å². The Balaban J connectivity index is 1.57. The van der Waals surface area contributed by atoms with E-state index in [1.165, 1.54) is 4.90 Å². The van der Waals surface area contributed by atoms with Crippen molar-refractivity contribution in [3.05, 3.63) is 59.2 Å². The minimum atomic E-state index is -1.00. The van der Waals surface area contributed by atoms with Crippen LogP contribution in [0.5, 0.6) is 0 Å². The van der Waals surface area contributed by atoms with Crippen molar-refractivity contribution in [2.75, 3.05) is 22.9 Å². The van der Waals surface area contributed by atoms with E-state index >= 15 is 0 Å². The fraction of sp³-hybridized carbons (Fsp3) is 0.423. The molecule has 1 spiro atoms. The van der Waals surface area contributed by atoms with Crippen LogP contribution < -0.4 is 14.7 Å². The number of amides is 3. The summed E-state index contributed by atoms with van der Waals surface area (Å²) < 4.78 is 0. The van der Waals surface area contributed by atoms with Crippen LogP contribution in [0.15, 0.2) is 42.5 Å². The van der Waals surface area contributed by atoms with Crippen LogP contribution in [0.25, 0.3) is 0 Å². The number of imide groups is 1. The van der Waals surface area contributed by atoms with E-state index in [1.807, 2.05) is 68.1 Å². The fourth-order valence-electron chi connectivity index (χ4n) is 7.25. The number of carbonyl (C=O) groups excluding carboxylic acids is 3. The average molecular weight is 431 g/mol. The molecular formula is C26H28N3O3+. The van der Waals surface area contributed by atoms with E-state index in [1.54, 1.807) is 0 Å². The monoisotopic (exact) mass is 430 g/mol. The molecule has 0 bridgehead atoms. The molecule has 1 unspecified atom stereocenters. The van der Waals surface area contributed by atoms with Gasteiger partial charge in [0.1, 0.15) is 17.9 Å². The van der Waals surface area contributed by atoms with Gasteiger partial charge in [-0.2, -0.15) is 0 Å². The molecule has 0 saturated carbocycles. The maximum Gasteiger partial charge on any atom is 0.294 e. The van der Waals surface area contributed by atoms with Crippen molar-refractivity contribution < 1.29 is 19.3 Å². The van der Waals surface area contributed by atoms with Crippen LogP contribution in [-0.2, 0) is 19.9 Å². The predicted octanol–water partition coefficient (Wildman–Crippen LogP) is 1.73. The number of fused-ring (bicyclic) bond motifs is 7. The summed E-state index contributed by atoms with van der Waals surface area (Å²) in [6, 6.07) is 13.7. The highest BCUT2D eigenvalue weighted by molar-refractivity contribution is 6.25. The summed E-state index contributed by atoms with van der Waals surface area (Å²) in [5.74, 6) is -1.46. The van der Waals surface area contributed by atoms with E-state index in [9.17, 15) is 14.4 Å². The Hall–Kier alpha value is -2.99. The number of anilines is 2. The summed E-state index contributed by atoms with van der Waals surface area (Å²) in [4.78, 5) is 46.4. The van der Waals surface area contributed by atoms with Gasteiger partial charge in [0.05, 0.1) is 17.9 Å². The Labute approximate surface area is 187 Å². The highest BCUT2D eigenvalue weighted by atomic mass is 16.2. The number of hydrogen-bond donors (Lipinski definition) is 1. The third kappa shape index (κ3) is 2.16. The molecule has 6 nitrogen and oxygen atoms in total. The van der Waals surface area contributed by atoms with Crippen molar-refractivity contribution in [2.45, 2.75) is 45.2 Å². The van der Waals surface area contributed by atoms with Gasteiger partial charge >= 0.3 is 0 Å². The van der Waals surface area contributed by atoms with Crippen LogP contribution >= 0.6 is 0 Å². The first kappa shape index (κ1) is 19.7. The van der Waals surface area contributed by atoms with Gasteiger partial charge in [0.25, 0.3) is 5.91 Å². The summed E-state index contributed by atoms with van der Waals surface area (Å²) in [7, 11) is 0. The zero-order chi connectivity index (χ0) is 22.4.